The number of carbonyl (C=O) groups is 2. The highest BCUT2D eigenvalue weighted by Gasteiger charge is 2.29. The molecule has 2 aromatic carbocycles. The van der Waals surface area contributed by atoms with Gasteiger partial charge in [0.1, 0.15) is 19.3 Å². The number of hydrogen-bond donors (Lipinski definition) is 1. The maximum absolute atomic E-state index is 13.6. The highest BCUT2D eigenvalue weighted by atomic mass is 32.2. The number of rotatable bonds is 12. The summed E-state index contributed by atoms with van der Waals surface area (Å²) in [6, 6.07) is 12.1. The van der Waals surface area contributed by atoms with E-state index in [-0.39, 0.29) is 37.2 Å². The SMILES string of the molecule is CC[C@H](C(=O)NC(C)C)N(Cc1ccccc1C)C(=O)CCCN(c1ccc2c(c1)OCCO2)S(C)(=O)=O. The maximum Gasteiger partial charge on any atom is 0.243 e. The van der Waals surface area contributed by atoms with Gasteiger partial charge in [-0.1, -0.05) is 31.2 Å². The van der Waals surface area contributed by atoms with Crippen LogP contribution in [0, 0.1) is 6.92 Å². The van der Waals surface area contributed by atoms with E-state index >= 15 is 0 Å². The number of nitrogens with one attached hydrogen (secondary N) is 1. The number of carbonyl (C=O) groups excluding carboxylic acids is 2. The molecule has 9 nitrogen and oxygen atoms in total. The van der Waals surface area contributed by atoms with Gasteiger partial charge in [-0.25, -0.2) is 8.42 Å². The van der Waals surface area contributed by atoms with Crippen molar-refractivity contribution >= 4 is 27.5 Å². The molecule has 0 aromatic heterocycles. The molecule has 0 saturated heterocycles. The minimum atomic E-state index is -3.62. The molecular weight excluding hydrogens is 506 g/mol. The van der Waals surface area contributed by atoms with Crippen LogP contribution in [0.15, 0.2) is 42.5 Å². The van der Waals surface area contributed by atoms with Crippen molar-refractivity contribution in [2.45, 2.75) is 65.6 Å². The smallest absolute Gasteiger partial charge is 0.243 e. The molecule has 208 valence electrons. The highest BCUT2D eigenvalue weighted by molar-refractivity contribution is 7.92. The predicted molar refractivity (Wildman–Crippen MR) is 148 cm³/mol. The largest absolute Gasteiger partial charge is 0.486 e. The molecule has 2 aromatic rings. The molecule has 1 N–H and O–H groups in total. The van der Waals surface area contributed by atoms with Crippen LogP contribution in [0.1, 0.15) is 51.2 Å². The van der Waals surface area contributed by atoms with Crippen LogP contribution >= 0.6 is 0 Å². The first-order valence-corrected chi connectivity index (χ1v) is 14.9. The predicted octanol–water partition coefficient (Wildman–Crippen LogP) is 3.64. The van der Waals surface area contributed by atoms with Gasteiger partial charge >= 0.3 is 0 Å². The van der Waals surface area contributed by atoms with Gasteiger partial charge in [0.15, 0.2) is 11.5 Å². The van der Waals surface area contributed by atoms with Gasteiger partial charge in [0.2, 0.25) is 21.8 Å². The van der Waals surface area contributed by atoms with Crippen molar-refractivity contribution in [3.63, 3.8) is 0 Å². The maximum atomic E-state index is 13.6. The van der Waals surface area contributed by atoms with Crippen molar-refractivity contribution < 1.29 is 27.5 Å². The number of amides is 2. The van der Waals surface area contributed by atoms with Gasteiger partial charge in [-0.15, -0.1) is 0 Å². The van der Waals surface area contributed by atoms with Crippen LogP contribution in [0.2, 0.25) is 0 Å². The summed E-state index contributed by atoms with van der Waals surface area (Å²) in [5.74, 6) is 0.665. The first-order valence-electron chi connectivity index (χ1n) is 13.0. The molecule has 0 aliphatic carbocycles. The number of fused-ring (bicyclic) bond motifs is 1. The molecule has 38 heavy (non-hydrogen) atoms. The Hall–Kier alpha value is -3.27. The highest BCUT2D eigenvalue weighted by Crippen LogP contribution is 2.34. The van der Waals surface area contributed by atoms with Crippen LogP contribution < -0.4 is 19.1 Å². The molecule has 0 radical (unpaired) electrons. The zero-order valence-corrected chi connectivity index (χ0v) is 23.7. The lowest BCUT2D eigenvalue weighted by Crippen LogP contribution is -2.50. The summed E-state index contributed by atoms with van der Waals surface area (Å²) in [5.41, 5.74) is 2.45. The third-order valence-electron chi connectivity index (χ3n) is 6.38. The van der Waals surface area contributed by atoms with E-state index < -0.39 is 16.1 Å². The number of anilines is 1. The monoisotopic (exact) mass is 545 g/mol. The van der Waals surface area contributed by atoms with E-state index in [1.807, 2.05) is 52.0 Å². The van der Waals surface area contributed by atoms with Gasteiger partial charge in [-0.3, -0.25) is 13.9 Å². The molecule has 1 heterocycles. The van der Waals surface area contributed by atoms with E-state index in [1.165, 1.54) is 4.31 Å². The Kier molecular flexibility index (Phi) is 10.0. The van der Waals surface area contributed by atoms with E-state index in [0.29, 0.717) is 43.4 Å². The molecule has 1 aliphatic rings. The Morgan fingerprint density at radius 1 is 1.05 bits per heavy atom. The fourth-order valence-electron chi connectivity index (χ4n) is 4.46. The number of nitrogens with zero attached hydrogens (tertiary/aromatic N) is 2. The minimum absolute atomic E-state index is 0.0544. The molecule has 0 spiro atoms. The van der Waals surface area contributed by atoms with Gasteiger partial charge in [0, 0.05) is 31.6 Å². The van der Waals surface area contributed by atoms with E-state index in [2.05, 4.69) is 5.32 Å². The average Bonchev–Trinajstić information content (AvgIpc) is 2.86. The second-order valence-corrected chi connectivity index (χ2v) is 11.7. The lowest BCUT2D eigenvalue weighted by Gasteiger charge is -2.32. The van der Waals surface area contributed by atoms with Gasteiger partial charge in [0.25, 0.3) is 0 Å². The summed E-state index contributed by atoms with van der Waals surface area (Å²) in [4.78, 5) is 28.2. The molecule has 2 amide bonds. The fraction of sp³-hybridized carbons (Fsp3) is 0.500. The second kappa shape index (κ2) is 13.0. The topological polar surface area (TPSA) is 105 Å². The van der Waals surface area contributed by atoms with Crippen molar-refractivity contribution in [1.29, 1.82) is 0 Å². The summed E-state index contributed by atoms with van der Waals surface area (Å²) in [5, 5.41) is 2.93. The van der Waals surface area contributed by atoms with Gasteiger partial charge < -0.3 is 19.7 Å². The van der Waals surface area contributed by atoms with Gasteiger partial charge in [0.05, 0.1) is 11.9 Å². The average molecular weight is 546 g/mol. The van der Waals surface area contributed by atoms with E-state index in [9.17, 15) is 18.0 Å². The Morgan fingerprint density at radius 2 is 1.74 bits per heavy atom. The quantitative estimate of drug-likeness (QED) is 0.437. The summed E-state index contributed by atoms with van der Waals surface area (Å²) in [6.45, 7) is 8.87. The first-order chi connectivity index (χ1) is 18.0. The zero-order chi connectivity index (χ0) is 27.9. The third-order valence-corrected chi connectivity index (χ3v) is 7.58. The number of aryl methyl sites for hydroxylation is 1. The van der Waals surface area contributed by atoms with Crippen LogP contribution in [0.25, 0.3) is 0 Å². The lowest BCUT2D eigenvalue weighted by molar-refractivity contribution is -0.141. The van der Waals surface area contributed by atoms with Crippen molar-refractivity contribution in [3.8, 4) is 11.5 Å². The Labute approximate surface area is 226 Å². The van der Waals surface area contributed by atoms with E-state index in [4.69, 9.17) is 9.47 Å². The lowest BCUT2D eigenvalue weighted by atomic mass is 10.0. The number of ether oxygens (including phenoxy) is 2. The van der Waals surface area contributed by atoms with Crippen LogP contribution in [-0.4, -0.2) is 63.2 Å². The summed E-state index contributed by atoms with van der Waals surface area (Å²) in [7, 11) is -3.62. The van der Waals surface area contributed by atoms with Crippen molar-refractivity contribution in [2.24, 2.45) is 0 Å². The molecule has 1 atom stereocenters. The van der Waals surface area contributed by atoms with Crippen LogP contribution in [0.4, 0.5) is 5.69 Å². The molecule has 3 rings (SSSR count). The van der Waals surface area contributed by atoms with Crippen molar-refractivity contribution in [2.75, 3.05) is 30.3 Å². The molecular formula is C28H39N3O6S. The molecule has 0 bridgehead atoms. The Morgan fingerprint density at radius 3 is 2.37 bits per heavy atom. The number of benzene rings is 2. The van der Waals surface area contributed by atoms with E-state index in [1.54, 1.807) is 23.1 Å². The first kappa shape index (κ1) is 29.3. The molecule has 1 aliphatic heterocycles. The second-order valence-electron chi connectivity index (χ2n) is 9.80. The van der Waals surface area contributed by atoms with Gasteiger partial charge in [-0.2, -0.15) is 0 Å². The van der Waals surface area contributed by atoms with Gasteiger partial charge in [-0.05, 0) is 56.9 Å². The number of hydrogen-bond acceptors (Lipinski definition) is 6. The molecule has 0 unspecified atom stereocenters. The summed E-state index contributed by atoms with van der Waals surface area (Å²) in [6.07, 6.45) is 1.98. The van der Waals surface area contributed by atoms with Crippen LogP contribution in [0.3, 0.4) is 0 Å². The molecule has 0 saturated carbocycles. The summed E-state index contributed by atoms with van der Waals surface area (Å²) < 4.78 is 37.7. The normalized spacial score (nSPS) is 13.6. The molecule has 0 fully saturated rings. The Balaban J connectivity index is 1.78. The standard InChI is InChI=1S/C28H39N3O6S/c1-6-24(28(33)29-20(2)3)30(19-22-11-8-7-10-21(22)4)27(32)12-9-15-31(38(5,34)35)23-13-14-25-26(18-23)37-17-16-36-25/h7-8,10-11,13-14,18,20,24H,6,9,12,15-17,19H2,1-5H3,(H,29,33)/t24-/m1/s1. The Bertz CT molecular complexity index is 1230. The number of sulfonamides is 1. The van der Waals surface area contributed by atoms with E-state index in [0.717, 1.165) is 17.4 Å². The summed E-state index contributed by atoms with van der Waals surface area (Å²) >= 11 is 0. The zero-order valence-electron chi connectivity index (χ0n) is 22.9. The minimum Gasteiger partial charge on any atom is -0.486 e. The molecule has 10 heteroatoms. The van der Waals surface area contributed by atoms with Crippen molar-refractivity contribution in [3.05, 3.63) is 53.6 Å². The van der Waals surface area contributed by atoms with Crippen LogP contribution in [0.5, 0.6) is 11.5 Å². The third kappa shape index (κ3) is 7.63. The van der Waals surface area contributed by atoms with Crippen LogP contribution in [-0.2, 0) is 26.2 Å². The van der Waals surface area contributed by atoms with Crippen molar-refractivity contribution in [1.82, 2.24) is 10.2 Å². The fourth-order valence-corrected chi connectivity index (χ4v) is 5.42.